The van der Waals surface area contributed by atoms with E-state index in [9.17, 15) is 8.42 Å². The molecule has 0 aliphatic rings. The van der Waals surface area contributed by atoms with E-state index in [2.05, 4.69) is 10.0 Å². The first kappa shape index (κ1) is 14.3. The molecule has 1 aromatic heterocycles. The lowest BCUT2D eigenvalue weighted by molar-refractivity contribution is 0.588. The molecule has 0 aliphatic heterocycles. The number of sulfonamides is 1. The molecule has 1 heterocycles. The van der Waals surface area contributed by atoms with Gasteiger partial charge in [0.25, 0.3) is 0 Å². The molecule has 0 saturated carbocycles. The van der Waals surface area contributed by atoms with Gasteiger partial charge in [0.05, 0.1) is 9.23 Å². The fourth-order valence-corrected chi connectivity index (χ4v) is 3.33. The quantitative estimate of drug-likeness (QED) is 0.891. The first-order chi connectivity index (χ1) is 9.01. The second kappa shape index (κ2) is 5.92. The van der Waals surface area contributed by atoms with Gasteiger partial charge in [0.2, 0.25) is 10.0 Å². The maximum atomic E-state index is 11.7. The highest BCUT2D eigenvalue weighted by Gasteiger charge is 2.11. The fraction of sp³-hybridized carbons (Fsp3) is 0.167. The Labute approximate surface area is 121 Å². The highest BCUT2D eigenvalue weighted by Crippen LogP contribution is 2.23. The van der Waals surface area contributed by atoms with Gasteiger partial charge < -0.3 is 5.32 Å². The summed E-state index contributed by atoms with van der Waals surface area (Å²) in [5.41, 5.74) is 0.751. The number of hydrogen-bond donors (Lipinski definition) is 2. The second-order valence-electron chi connectivity index (χ2n) is 3.79. The first-order valence-corrected chi connectivity index (χ1v) is 8.21. The molecule has 0 unspecified atom stereocenters. The second-order valence-corrected chi connectivity index (χ2v) is 7.48. The third kappa shape index (κ3) is 3.70. The summed E-state index contributed by atoms with van der Waals surface area (Å²) in [4.78, 5) is 1.33. The van der Waals surface area contributed by atoms with Gasteiger partial charge in [-0.1, -0.05) is 17.7 Å². The van der Waals surface area contributed by atoms with E-state index < -0.39 is 10.0 Å². The van der Waals surface area contributed by atoms with Crippen LogP contribution in [0, 0.1) is 0 Å². The summed E-state index contributed by atoms with van der Waals surface area (Å²) in [5, 5.41) is 3.17. The molecule has 0 saturated heterocycles. The number of nitrogens with one attached hydrogen (secondary N) is 2. The van der Waals surface area contributed by atoms with Crippen molar-refractivity contribution in [3.05, 3.63) is 45.6 Å². The summed E-state index contributed by atoms with van der Waals surface area (Å²) in [7, 11) is -2.02. The Morgan fingerprint density at radius 2 is 2.05 bits per heavy atom. The van der Waals surface area contributed by atoms with Gasteiger partial charge in [-0.3, -0.25) is 0 Å². The monoisotopic (exact) mass is 316 g/mol. The lowest BCUT2D eigenvalue weighted by Crippen LogP contribution is -2.18. The van der Waals surface area contributed by atoms with Gasteiger partial charge in [-0.15, -0.1) is 11.3 Å². The minimum atomic E-state index is -3.41. The van der Waals surface area contributed by atoms with E-state index >= 15 is 0 Å². The Balaban J connectivity index is 2.11. The zero-order chi connectivity index (χ0) is 13.9. The molecule has 2 N–H and O–H groups in total. The molecule has 0 amide bonds. The van der Waals surface area contributed by atoms with Crippen molar-refractivity contribution in [2.24, 2.45) is 0 Å². The maximum Gasteiger partial charge on any atom is 0.240 e. The van der Waals surface area contributed by atoms with Crippen LogP contribution in [0.15, 0.2) is 41.3 Å². The molecule has 2 rings (SSSR count). The van der Waals surface area contributed by atoms with Crippen molar-refractivity contribution in [3.8, 4) is 0 Å². The predicted octanol–water partition coefficient (Wildman–Crippen LogP) is 2.92. The minimum Gasteiger partial charge on any atom is -0.380 e. The Bertz CT molecular complexity index is 668. The Kier molecular flexibility index (Phi) is 4.46. The maximum absolute atomic E-state index is 11.7. The number of hydrogen-bond acceptors (Lipinski definition) is 4. The minimum absolute atomic E-state index is 0.240. The van der Waals surface area contributed by atoms with Crippen LogP contribution in [0.25, 0.3) is 0 Å². The highest BCUT2D eigenvalue weighted by atomic mass is 35.5. The van der Waals surface area contributed by atoms with E-state index in [1.807, 2.05) is 18.2 Å². The summed E-state index contributed by atoms with van der Waals surface area (Å²) >= 11 is 7.34. The fourth-order valence-electron chi connectivity index (χ4n) is 1.53. The molecule has 4 nitrogen and oxygen atoms in total. The zero-order valence-electron chi connectivity index (χ0n) is 10.2. The summed E-state index contributed by atoms with van der Waals surface area (Å²) < 4.78 is 26.4. The predicted molar refractivity (Wildman–Crippen MR) is 79.3 cm³/mol. The standard InChI is InChI=1S/C12H13ClN2O2S2/c1-14-19(16,17)11-4-2-3-9(7-11)15-8-10-5-6-12(13)18-10/h2-7,14-15H,8H2,1H3. The van der Waals surface area contributed by atoms with E-state index in [-0.39, 0.29) is 4.90 Å². The molecule has 0 aliphatic carbocycles. The highest BCUT2D eigenvalue weighted by molar-refractivity contribution is 7.89. The van der Waals surface area contributed by atoms with Gasteiger partial charge in [0.1, 0.15) is 0 Å². The van der Waals surface area contributed by atoms with Gasteiger partial charge in [-0.2, -0.15) is 0 Å². The van der Waals surface area contributed by atoms with Crippen molar-refractivity contribution < 1.29 is 8.42 Å². The molecule has 1 aromatic carbocycles. The first-order valence-electron chi connectivity index (χ1n) is 5.53. The van der Waals surface area contributed by atoms with Crippen molar-refractivity contribution in [2.75, 3.05) is 12.4 Å². The topological polar surface area (TPSA) is 58.2 Å². The number of thiophene rings is 1. The van der Waals surface area contributed by atoms with Gasteiger partial charge >= 0.3 is 0 Å². The zero-order valence-corrected chi connectivity index (χ0v) is 12.6. The van der Waals surface area contributed by atoms with Crippen LogP contribution >= 0.6 is 22.9 Å². The smallest absolute Gasteiger partial charge is 0.240 e. The molecule has 0 fully saturated rings. The Morgan fingerprint density at radius 3 is 2.68 bits per heavy atom. The van der Waals surface area contributed by atoms with E-state index in [1.165, 1.54) is 18.4 Å². The van der Waals surface area contributed by atoms with Crippen molar-refractivity contribution in [3.63, 3.8) is 0 Å². The van der Waals surface area contributed by atoms with E-state index in [4.69, 9.17) is 11.6 Å². The Morgan fingerprint density at radius 1 is 1.26 bits per heavy atom. The van der Waals surface area contributed by atoms with Crippen LogP contribution in [0.4, 0.5) is 5.69 Å². The average Bonchev–Trinajstić information content (AvgIpc) is 2.82. The van der Waals surface area contributed by atoms with Crippen LogP contribution < -0.4 is 10.0 Å². The van der Waals surface area contributed by atoms with Gasteiger partial charge in [0.15, 0.2) is 0 Å². The molecular formula is C12H13ClN2O2S2. The van der Waals surface area contributed by atoms with Crippen LogP contribution in [-0.4, -0.2) is 15.5 Å². The molecule has 2 aromatic rings. The number of anilines is 1. The van der Waals surface area contributed by atoms with Crippen molar-refractivity contribution in [1.82, 2.24) is 4.72 Å². The molecular weight excluding hydrogens is 304 g/mol. The van der Waals surface area contributed by atoms with Gasteiger partial charge in [-0.05, 0) is 37.4 Å². The lowest BCUT2D eigenvalue weighted by Gasteiger charge is -2.07. The number of benzene rings is 1. The van der Waals surface area contributed by atoms with Gasteiger partial charge in [-0.25, -0.2) is 13.1 Å². The van der Waals surface area contributed by atoms with E-state index in [0.717, 1.165) is 14.9 Å². The molecule has 0 spiro atoms. The normalized spacial score (nSPS) is 11.5. The van der Waals surface area contributed by atoms with Crippen molar-refractivity contribution >= 4 is 38.6 Å². The molecule has 19 heavy (non-hydrogen) atoms. The lowest BCUT2D eigenvalue weighted by atomic mass is 10.3. The van der Waals surface area contributed by atoms with Crippen LogP contribution in [0.1, 0.15) is 4.88 Å². The van der Waals surface area contributed by atoms with Crippen LogP contribution in [0.2, 0.25) is 4.34 Å². The summed E-state index contributed by atoms with van der Waals surface area (Å²) in [6.07, 6.45) is 0. The van der Waals surface area contributed by atoms with Gasteiger partial charge in [0, 0.05) is 17.1 Å². The Hall–Kier alpha value is -1.08. The average molecular weight is 317 g/mol. The molecule has 0 radical (unpaired) electrons. The van der Waals surface area contributed by atoms with Crippen molar-refractivity contribution in [2.45, 2.75) is 11.4 Å². The molecule has 0 bridgehead atoms. The number of rotatable bonds is 5. The number of halogens is 1. The summed E-state index contributed by atoms with van der Waals surface area (Å²) in [6, 6.07) is 10.5. The molecule has 7 heteroatoms. The van der Waals surface area contributed by atoms with E-state index in [1.54, 1.807) is 18.2 Å². The largest absolute Gasteiger partial charge is 0.380 e. The molecule has 102 valence electrons. The third-order valence-electron chi connectivity index (χ3n) is 2.51. The summed E-state index contributed by atoms with van der Waals surface area (Å²) in [5.74, 6) is 0. The van der Waals surface area contributed by atoms with E-state index in [0.29, 0.717) is 6.54 Å². The van der Waals surface area contributed by atoms with Crippen molar-refractivity contribution in [1.29, 1.82) is 0 Å². The molecule has 0 atom stereocenters. The SMILES string of the molecule is CNS(=O)(=O)c1cccc(NCc2ccc(Cl)s2)c1. The third-order valence-corrected chi connectivity index (χ3v) is 5.15. The van der Waals surface area contributed by atoms with Crippen LogP contribution in [0.3, 0.4) is 0 Å². The summed E-state index contributed by atoms with van der Waals surface area (Å²) in [6.45, 7) is 0.612. The van der Waals surface area contributed by atoms with Crippen LogP contribution in [-0.2, 0) is 16.6 Å². The van der Waals surface area contributed by atoms with Crippen LogP contribution in [0.5, 0.6) is 0 Å².